The van der Waals surface area contributed by atoms with Gasteiger partial charge in [0.25, 0.3) is 0 Å². The normalized spacial score (nSPS) is 46.6. The van der Waals surface area contributed by atoms with E-state index in [0.717, 1.165) is 0 Å². The molecule has 0 bridgehead atoms. The molecule has 3 rings (SSSR count). The maximum absolute atomic E-state index is 10.2. The summed E-state index contributed by atoms with van der Waals surface area (Å²) in [6.07, 6.45) is -23.7. The van der Waals surface area contributed by atoms with Crippen molar-refractivity contribution in [2.45, 2.75) is 92.1 Å². The van der Waals surface area contributed by atoms with E-state index in [1.54, 1.807) is 0 Å². The Labute approximate surface area is 228 Å². The molecule has 18 heteroatoms. The van der Waals surface area contributed by atoms with Gasteiger partial charge in [0.1, 0.15) is 73.2 Å². The van der Waals surface area contributed by atoms with Crippen LogP contribution in [0, 0.1) is 5.92 Å². The highest BCUT2D eigenvalue weighted by molar-refractivity contribution is 4.96. The standard InChI is InChI=1S/C22H39O18/c23-1-8-11(26)14(29)17(32)20(38-8)35-4-7(5-36-21-18(33)15(30)12(27)9(2-24)39-21)6-37-22-19(34)16(31)13(28)10(3-25)40-22/h8-34H,1-6H2/t8-,9-,10-,11-,12-,13-,14+,15+,16+,17+,18+,19+,20+,21+,22+/m1/s1. The number of ether oxygens (including phenoxy) is 6. The van der Waals surface area contributed by atoms with Gasteiger partial charge in [-0.25, -0.2) is 0 Å². The lowest BCUT2D eigenvalue weighted by Crippen LogP contribution is -2.60. The van der Waals surface area contributed by atoms with Crippen LogP contribution in [0.5, 0.6) is 0 Å². The molecule has 0 saturated carbocycles. The fourth-order valence-electron chi connectivity index (χ4n) is 4.34. The van der Waals surface area contributed by atoms with Crippen molar-refractivity contribution in [2.75, 3.05) is 39.6 Å². The minimum absolute atomic E-state index is 0.117. The Morgan fingerprint density at radius 3 is 0.875 bits per heavy atom. The summed E-state index contributed by atoms with van der Waals surface area (Å²) in [6.45, 7) is -3.54. The Kier molecular flexibility index (Phi) is 12.8. The van der Waals surface area contributed by atoms with Gasteiger partial charge in [0, 0.05) is 0 Å². The number of aliphatic hydroxyl groups is 12. The highest BCUT2D eigenvalue weighted by Crippen LogP contribution is 2.26. The third kappa shape index (κ3) is 7.61. The van der Waals surface area contributed by atoms with Crippen LogP contribution >= 0.6 is 0 Å². The van der Waals surface area contributed by atoms with Gasteiger partial charge in [0.05, 0.1) is 45.6 Å². The first-order valence-electron chi connectivity index (χ1n) is 12.5. The predicted octanol–water partition coefficient (Wildman–Crippen LogP) is -7.99. The number of rotatable bonds is 12. The van der Waals surface area contributed by atoms with Gasteiger partial charge in [-0.2, -0.15) is 0 Å². The molecule has 3 heterocycles. The van der Waals surface area contributed by atoms with E-state index in [-0.39, 0.29) is 5.92 Å². The molecule has 1 radical (unpaired) electrons. The summed E-state index contributed by atoms with van der Waals surface area (Å²) >= 11 is 0. The first kappa shape index (κ1) is 33.8. The molecule has 3 fully saturated rings. The Morgan fingerprint density at radius 1 is 0.400 bits per heavy atom. The van der Waals surface area contributed by atoms with Gasteiger partial charge in [0.15, 0.2) is 18.9 Å². The molecular formula is C22H39O18. The van der Waals surface area contributed by atoms with Crippen LogP contribution in [0.3, 0.4) is 0 Å². The summed E-state index contributed by atoms with van der Waals surface area (Å²) in [5, 5.41) is 119. The Hall–Kier alpha value is -0.720. The second-order valence-electron chi connectivity index (χ2n) is 9.77. The zero-order valence-electron chi connectivity index (χ0n) is 21.2. The molecule has 12 N–H and O–H groups in total. The third-order valence-electron chi connectivity index (χ3n) is 6.90. The Bertz CT molecular complexity index is 647. The van der Waals surface area contributed by atoms with Crippen LogP contribution in [0.15, 0.2) is 0 Å². The first-order chi connectivity index (χ1) is 18.9. The van der Waals surface area contributed by atoms with Crippen molar-refractivity contribution in [3.8, 4) is 0 Å². The molecule has 235 valence electrons. The van der Waals surface area contributed by atoms with Crippen molar-refractivity contribution in [1.82, 2.24) is 0 Å². The van der Waals surface area contributed by atoms with E-state index in [9.17, 15) is 61.3 Å². The summed E-state index contributed by atoms with van der Waals surface area (Å²) < 4.78 is 32.3. The SMILES string of the molecule is OC[C@H]1O[C@H](OC[C](CO[C@H]2O[C@H](CO)[C@@H](O)[C@H](O)[C@@H]2O)CO[C@H]2O[C@H](CO)[C@@H](O)[C@H](O)[C@@H]2O)[C@@H](O)[C@@H](O)[C@@H]1O. The summed E-state index contributed by atoms with van der Waals surface area (Å²) in [4.78, 5) is 0. The molecule has 0 unspecified atom stereocenters. The van der Waals surface area contributed by atoms with Crippen LogP contribution in [0.1, 0.15) is 0 Å². The lowest BCUT2D eigenvalue weighted by Gasteiger charge is -2.41. The van der Waals surface area contributed by atoms with Crippen molar-refractivity contribution in [2.24, 2.45) is 0 Å². The van der Waals surface area contributed by atoms with E-state index in [0.29, 0.717) is 0 Å². The summed E-state index contributed by atoms with van der Waals surface area (Å²) in [7, 11) is 0. The molecule has 3 aliphatic heterocycles. The molecule has 3 saturated heterocycles. The zero-order valence-corrected chi connectivity index (χ0v) is 21.2. The average Bonchev–Trinajstić information content (AvgIpc) is 2.95. The Morgan fingerprint density at radius 2 is 0.650 bits per heavy atom. The van der Waals surface area contributed by atoms with Gasteiger partial charge < -0.3 is 89.7 Å². The molecular weight excluding hydrogens is 552 g/mol. The van der Waals surface area contributed by atoms with Crippen molar-refractivity contribution >= 4 is 0 Å². The predicted molar refractivity (Wildman–Crippen MR) is 122 cm³/mol. The van der Waals surface area contributed by atoms with Crippen LogP contribution in [0.25, 0.3) is 0 Å². The van der Waals surface area contributed by atoms with Gasteiger partial charge in [-0.05, 0) is 0 Å². The molecule has 18 nitrogen and oxygen atoms in total. The molecule has 0 aromatic carbocycles. The molecule has 40 heavy (non-hydrogen) atoms. The second kappa shape index (κ2) is 15.1. The van der Waals surface area contributed by atoms with Gasteiger partial charge in [0.2, 0.25) is 0 Å². The lowest BCUT2D eigenvalue weighted by molar-refractivity contribution is -0.311. The summed E-state index contributed by atoms with van der Waals surface area (Å²) in [6, 6.07) is 0. The topological polar surface area (TPSA) is 298 Å². The highest BCUT2D eigenvalue weighted by atomic mass is 16.7. The lowest BCUT2D eigenvalue weighted by atomic mass is 9.99. The van der Waals surface area contributed by atoms with Crippen LogP contribution in [0.4, 0.5) is 0 Å². The molecule has 0 aromatic heterocycles. The van der Waals surface area contributed by atoms with E-state index in [1.165, 1.54) is 0 Å². The van der Waals surface area contributed by atoms with Crippen LogP contribution in [-0.4, -0.2) is 193 Å². The van der Waals surface area contributed by atoms with Gasteiger partial charge >= 0.3 is 0 Å². The van der Waals surface area contributed by atoms with Crippen LogP contribution < -0.4 is 0 Å². The molecule has 3 aliphatic rings. The van der Waals surface area contributed by atoms with Crippen molar-refractivity contribution in [1.29, 1.82) is 0 Å². The monoisotopic (exact) mass is 591 g/mol. The van der Waals surface area contributed by atoms with Crippen molar-refractivity contribution in [3.05, 3.63) is 5.92 Å². The highest BCUT2D eigenvalue weighted by Gasteiger charge is 2.47. The van der Waals surface area contributed by atoms with Gasteiger partial charge in [-0.1, -0.05) is 0 Å². The molecule has 0 aromatic rings. The summed E-state index contributed by atoms with van der Waals surface area (Å²) in [5.41, 5.74) is 0. The minimum atomic E-state index is -1.74. The molecule has 0 spiro atoms. The van der Waals surface area contributed by atoms with E-state index in [1.807, 2.05) is 0 Å². The fraction of sp³-hybridized carbons (Fsp3) is 0.955. The van der Waals surface area contributed by atoms with Crippen LogP contribution in [0.2, 0.25) is 0 Å². The van der Waals surface area contributed by atoms with Crippen LogP contribution in [-0.2, 0) is 28.4 Å². The van der Waals surface area contributed by atoms with Gasteiger partial charge in [-0.3, -0.25) is 0 Å². The van der Waals surface area contributed by atoms with E-state index >= 15 is 0 Å². The van der Waals surface area contributed by atoms with E-state index in [2.05, 4.69) is 0 Å². The fourth-order valence-corrected chi connectivity index (χ4v) is 4.34. The average molecular weight is 592 g/mol. The van der Waals surface area contributed by atoms with Crippen molar-refractivity contribution in [3.63, 3.8) is 0 Å². The molecule has 0 amide bonds. The minimum Gasteiger partial charge on any atom is -0.394 e. The summed E-state index contributed by atoms with van der Waals surface area (Å²) in [5.74, 6) is 0.117. The van der Waals surface area contributed by atoms with Gasteiger partial charge in [-0.15, -0.1) is 0 Å². The Balaban J connectivity index is 1.67. The third-order valence-corrected chi connectivity index (χ3v) is 6.90. The number of hydrogen-bond donors (Lipinski definition) is 12. The van der Waals surface area contributed by atoms with Crippen molar-refractivity contribution < 1.29 is 89.7 Å². The maximum Gasteiger partial charge on any atom is 0.186 e. The zero-order chi connectivity index (χ0) is 29.7. The quantitative estimate of drug-likeness (QED) is 0.100. The molecule has 15 atom stereocenters. The second-order valence-corrected chi connectivity index (χ2v) is 9.77. The van der Waals surface area contributed by atoms with E-state index < -0.39 is 132 Å². The first-order valence-corrected chi connectivity index (χ1v) is 12.5. The largest absolute Gasteiger partial charge is 0.394 e. The maximum atomic E-state index is 10.2. The van der Waals surface area contributed by atoms with E-state index in [4.69, 9.17) is 28.4 Å². The molecule has 0 aliphatic carbocycles. The number of hydrogen-bond acceptors (Lipinski definition) is 18. The number of aliphatic hydroxyl groups excluding tert-OH is 12. The smallest absolute Gasteiger partial charge is 0.186 e.